The van der Waals surface area contributed by atoms with Crippen LogP contribution in [0.3, 0.4) is 0 Å². The maximum absolute atomic E-state index is 12.8. The summed E-state index contributed by atoms with van der Waals surface area (Å²) in [5.41, 5.74) is 2.74. The van der Waals surface area contributed by atoms with Crippen LogP contribution in [0.5, 0.6) is 11.5 Å². The van der Waals surface area contributed by atoms with E-state index in [9.17, 15) is 14.9 Å². The van der Waals surface area contributed by atoms with Gasteiger partial charge in [-0.15, -0.1) is 0 Å². The van der Waals surface area contributed by atoms with E-state index in [2.05, 4.69) is 0 Å². The first kappa shape index (κ1) is 19.7. The monoisotopic (exact) mass is 421 g/mol. The van der Waals surface area contributed by atoms with Gasteiger partial charge in [0.1, 0.15) is 18.1 Å². The Kier molecular flexibility index (Phi) is 5.25. The van der Waals surface area contributed by atoms with Crippen molar-refractivity contribution in [2.24, 2.45) is 0 Å². The van der Waals surface area contributed by atoms with Crippen molar-refractivity contribution in [2.45, 2.75) is 13.5 Å². The molecule has 0 aromatic heterocycles. The summed E-state index contributed by atoms with van der Waals surface area (Å²) in [4.78, 5) is 23.1. The summed E-state index contributed by atoms with van der Waals surface area (Å²) in [6.07, 6.45) is 1.63. The Bertz CT molecular complexity index is 1180. The molecule has 30 heavy (non-hydrogen) atoms. The fraction of sp³-hybridized carbons (Fsp3) is 0.0870. The van der Waals surface area contributed by atoms with Gasteiger partial charge < -0.3 is 9.47 Å². The van der Waals surface area contributed by atoms with E-state index in [4.69, 9.17) is 21.1 Å². The zero-order valence-corrected chi connectivity index (χ0v) is 16.7. The number of ketones is 1. The number of rotatable bonds is 5. The minimum atomic E-state index is -0.448. The minimum absolute atomic E-state index is 0.0249. The highest BCUT2D eigenvalue weighted by molar-refractivity contribution is 6.32. The van der Waals surface area contributed by atoms with Crippen LogP contribution in [-0.2, 0) is 6.61 Å². The number of nitro benzene ring substituents is 1. The van der Waals surface area contributed by atoms with E-state index in [1.165, 1.54) is 12.1 Å². The number of carbonyl (C=O) groups excluding carboxylic acids is 1. The van der Waals surface area contributed by atoms with Gasteiger partial charge in [-0.2, -0.15) is 0 Å². The second-order valence-corrected chi connectivity index (χ2v) is 7.19. The van der Waals surface area contributed by atoms with E-state index in [-0.39, 0.29) is 23.8 Å². The van der Waals surface area contributed by atoms with Crippen LogP contribution in [0.2, 0.25) is 5.02 Å². The summed E-state index contributed by atoms with van der Waals surface area (Å²) in [5, 5.41) is 11.3. The lowest BCUT2D eigenvalue weighted by Crippen LogP contribution is -2.00. The molecule has 4 rings (SSSR count). The molecule has 6 nitrogen and oxygen atoms in total. The molecule has 0 fully saturated rings. The van der Waals surface area contributed by atoms with Crippen LogP contribution < -0.4 is 9.47 Å². The van der Waals surface area contributed by atoms with Gasteiger partial charge in [-0.05, 0) is 54.0 Å². The number of hydrogen-bond donors (Lipinski definition) is 0. The molecule has 0 unspecified atom stereocenters. The molecule has 150 valence electrons. The molecule has 3 aromatic rings. The zero-order chi connectivity index (χ0) is 21.3. The van der Waals surface area contributed by atoms with Crippen molar-refractivity contribution in [3.05, 3.63) is 104 Å². The molecule has 0 aliphatic carbocycles. The highest BCUT2D eigenvalue weighted by Crippen LogP contribution is 2.38. The molecule has 0 saturated heterocycles. The van der Waals surface area contributed by atoms with Crippen LogP contribution in [0.4, 0.5) is 5.69 Å². The molecule has 7 heteroatoms. The van der Waals surface area contributed by atoms with Crippen LogP contribution >= 0.6 is 11.6 Å². The fourth-order valence-corrected chi connectivity index (χ4v) is 3.36. The lowest BCUT2D eigenvalue weighted by Gasteiger charge is -2.09. The average Bonchev–Trinajstić information content (AvgIpc) is 3.04. The number of fused-ring (bicyclic) bond motifs is 1. The van der Waals surface area contributed by atoms with Crippen molar-refractivity contribution < 1.29 is 19.2 Å². The van der Waals surface area contributed by atoms with Crippen LogP contribution in [-0.4, -0.2) is 10.7 Å². The molecule has 0 spiro atoms. The summed E-state index contributed by atoms with van der Waals surface area (Å²) in [6, 6.07) is 16.8. The first-order chi connectivity index (χ1) is 14.4. The quantitative estimate of drug-likeness (QED) is 0.297. The molecule has 0 atom stereocenters. The summed E-state index contributed by atoms with van der Waals surface area (Å²) in [7, 11) is 0. The van der Waals surface area contributed by atoms with Crippen molar-refractivity contribution in [3.63, 3.8) is 0 Å². The number of allylic oxidation sites excluding steroid dienone is 1. The average molecular weight is 422 g/mol. The molecular formula is C23H16ClNO5. The molecule has 0 N–H and O–H groups in total. The fourth-order valence-electron chi connectivity index (χ4n) is 3.17. The van der Waals surface area contributed by atoms with E-state index in [1.807, 2.05) is 19.1 Å². The standard InChI is InChI=1S/C23H16ClNO5/c1-14-10-18(29-13-15-6-8-17(9-7-15)25(27)28)12-20-22(14)23(26)21(30-20)11-16-4-2-3-5-19(16)24/h2-12H,13H2,1H3/b21-11-. The zero-order valence-electron chi connectivity index (χ0n) is 15.9. The number of ether oxygens (including phenoxy) is 2. The summed E-state index contributed by atoms with van der Waals surface area (Å²) in [5.74, 6) is 0.964. The van der Waals surface area contributed by atoms with Crippen molar-refractivity contribution in [1.82, 2.24) is 0 Å². The number of aryl methyl sites for hydroxylation is 1. The van der Waals surface area contributed by atoms with Gasteiger partial charge in [0, 0.05) is 23.2 Å². The molecule has 0 saturated carbocycles. The van der Waals surface area contributed by atoms with Gasteiger partial charge in [-0.1, -0.05) is 29.8 Å². The third-order valence-electron chi connectivity index (χ3n) is 4.69. The van der Waals surface area contributed by atoms with Gasteiger partial charge in [0.2, 0.25) is 5.78 Å². The number of nitro groups is 1. The Hall–Kier alpha value is -3.64. The van der Waals surface area contributed by atoms with Gasteiger partial charge >= 0.3 is 0 Å². The largest absolute Gasteiger partial charge is 0.489 e. The molecular weight excluding hydrogens is 406 g/mol. The topological polar surface area (TPSA) is 78.7 Å². The minimum Gasteiger partial charge on any atom is -0.489 e. The van der Waals surface area contributed by atoms with Crippen LogP contribution in [0.15, 0.2) is 66.4 Å². The molecule has 0 amide bonds. The third kappa shape index (κ3) is 3.90. The lowest BCUT2D eigenvalue weighted by atomic mass is 10.0. The van der Waals surface area contributed by atoms with Crippen LogP contribution in [0, 0.1) is 17.0 Å². The number of Topliss-reactive ketones (excluding diaryl/α,β-unsaturated/α-hetero) is 1. The van der Waals surface area contributed by atoms with Gasteiger partial charge in [0.25, 0.3) is 5.69 Å². The Labute approximate surface area is 177 Å². The molecule has 1 heterocycles. The normalized spacial score (nSPS) is 13.8. The first-order valence-corrected chi connectivity index (χ1v) is 9.50. The van der Waals surface area contributed by atoms with Crippen LogP contribution in [0.25, 0.3) is 6.08 Å². The SMILES string of the molecule is Cc1cc(OCc2ccc([N+](=O)[O-])cc2)cc2c1C(=O)/C(=C/c1ccccc1Cl)O2. The van der Waals surface area contributed by atoms with E-state index >= 15 is 0 Å². The second kappa shape index (κ2) is 8.00. The van der Waals surface area contributed by atoms with Crippen molar-refractivity contribution >= 4 is 29.1 Å². The Morgan fingerprint density at radius 2 is 1.87 bits per heavy atom. The number of nitrogens with zero attached hydrogens (tertiary/aromatic N) is 1. The third-order valence-corrected chi connectivity index (χ3v) is 5.03. The van der Waals surface area contributed by atoms with Gasteiger partial charge in [-0.3, -0.25) is 14.9 Å². The Morgan fingerprint density at radius 3 is 2.57 bits per heavy atom. The molecule has 1 aliphatic heterocycles. The number of halogens is 1. The number of benzene rings is 3. The van der Waals surface area contributed by atoms with E-state index < -0.39 is 4.92 Å². The predicted molar refractivity (Wildman–Crippen MR) is 113 cm³/mol. The van der Waals surface area contributed by atoms with Crippen molar-refractivity contribution in [3.8, 4) is 11.5 Å². The number of non-ortho nitro benzene ring substituents is 1. The summed E-state index contributed by atoms with van der Waals surface area (Å²) in [6.45, 7) is 2.05. The summed E-state index contributed by atoms with van der Waals surface area (Å²) >= 11 is 6.18. The molecule has 3 aromatic carbocycles. The van der Waals surface area contributed by atoms with Crippen molar-refractivity contribution in [1.29, 1.82) is 0 Å². The number of carbonyl (C=O) groups is 1. The number of hydrogen-bond acceptors (Lipinski definition) is 5. The maximum Gasteiger partial charge on any atom is 0.269 e. The maximum atomic E-state index is 12.8. The second-order valence-electron chi connectivity index (χ2n) is 6.79. The Balaban J connectivity index is 1.54. The van der Waals surface area contributed by atoms with E-state index in [1.54, 1.807) is 42.5 Å². The lowest BCUT2D eigenvalue weighted by molar-refractivity contribution is -0.384. The summed E-state index contributed by atoms with van der Waals surface area (Å²) < 4.78 is 11.6. The van der Waals surface area contributed by atoms with Crippen LogP contribution in [0.1, 0.15) is 27.0 Å². The first-order valence-electron chi connectivity index (χ1n) is 9.12. The predicted octanol–water partition coefficient (Wildman–Crippen LogP) is 5.75. The van der Waals surface area contributed by atoms with Gasteiger partial charge in [0.05, 0.1) is 10.5 Å². The highest BCUT2D eigenvalue weighted by Gasteiger charge is 2.30. The molecule has 0 radical (unpaired) electrons. The van der Waals surface area contributed by atoms with Gasteiger partial charge in [-0.25, -0.2) is 0 Å². The molecule has 0 bridgehead atoms. The Morgan fingerprint density at radius 1 is 1.13 bits per heavy atom. The van der Waals surface area contributed by atoms with E-state index in [0.717, 1.165) is 11.1 Å². The molecule has 1 aliphatic rings. The van der Waals surface area contributed by atoms with Gasteiger partial charge in [0.15, 0.2) is 5.76 Å². The van der Waals surface area contributed by atoms with Crippen molar-refractivity contribution in [2.75, 3.05) is 0 Å². The highest BCUT2D eigenvalue weighted by atomic mass is 35.5. The smallest absolute Gasteiger partial charge is 0.269 e. The van der Waals surface area contributed by atoms with E-state index in [0.29, 0.717) is 27.6 Å².